The lowest BCUT2D eigenvalue weighted by Gasteiger charge is -2.28. The average Bonchev–Trinajstić information content (AvgIpc) is 3.23. The van der Waals surface area contributed by atoms with Crippen LogP contribution in [0.3, 0.4) is 0 Å². The van der Waals surface area contributed by atoms with Gasteiger partial charge in [0.1, 0.15) is 6.04 Å². The van der Waals surface area contributed by atoms with Crippen LogP contribution in [0.25, 0.3) is 0 Å². The summed E-state index contributed by atoms with van der Waals surface area (Å²) in [4.78, 5) is 14.7. The first-order valence-electron chi connectivity index (χ1n) is 10.8. The molecule has 4 rings (SSSR count). The number of sulfonamides is 1. The minimum absolute atomic E-state index is 0.0583. The number of methoxy groups -OCH3 is 1. The van der Waals surface area contributed by atoms with Gasteiger partial charge in [0.15, 0.2) is 0 Å². The van der Waals surface area contributed by atoms with Crippen molar-refractivity contribution in [2.75, 3.05) is 26.0 Å². The lowest BCUT2D eigenvalue weighted by Crippen LogP contribution is -2.48. The van der Waals surface area contributed by atoms with Crippen molar-refractivity contribution in [2.45, 2.75) is 25.7 Å². The fourth-order valence-electron chi connectivity index (χ4n) is 3.95. The molecule has 1 unspecified atom stereocenters. The predicted molar refractivity (Wildman–Crippen MR) is 130 cm³/mol. The maximum Gasteiger partial charge on any atom is 0.325 e. The molecule has 0 N–H and O–H groups in total. The number of benzene rings is 2. The van der Waals surface area contributed by atoms with Gasteiger partial charge in [-0.15, -0.1) is 5.10 Å². The van der Waals surface area contributed by atoms with Gasteiger partial charge < -0.3 is 4.74 Å². The van der Waals surface area contributed by atoms with Gasteiger partial charge in [0.05, 0.1) is 37.8 Å². The van der Waals surface area contributed by atoms with E-state index >= 15 is 0 Å². The summed E-state index contributed by atoms with van der Waals surface area (Å²) in [6.07, 6.45) is 1.70. The van der Waals surface area contributed by atoms with E-state index in [1.165, 1.54) is 11.4 Å². The van der Waals surface area contributed by atoms with E-state index in [2.05, 4.69) is 26.2 Å². The maximum atomic E-state index is 13.2. The molecule has 1 fully saturated rings. The second-order valence-electron chi connectivity index (χ2n) is 8.12. The smallest absolute Gasteiger partial charge is 0.325 e. The minimum Gasteiger partial charge on any atom is -0.468 e. The van der Waals surface area contributed by atoms with E-state index in [0.717, 1.165) is 15.6 Å². The fourth-order valence-corrected chi connectivity index (χ4v) is 5.96. The number of ether oxygens (including phenoxy) is 1. The van der Waals surface area contributed by atoms with E-state index in [1.54, 1.807) is 10.9 Å². The van der Waals surface area contributed by atoms with Crippen molar-refractivity contribution in [1.82, 2.24) is 24.2 Å². The molecule has 3 aromatic rings. The third kappa shape index (κ3) is 5.90. The van der Waals surface area contributed by atoms with Crippen molar-refractivity contribution in [3.63, 3.8) is 0 Å². The summed E-state index contributed by atoms with van der Waals surface area (Å²) in [6.45, 7) is 1.51. The number of carbonyl (C=O) groups is 1. The first-order chi connectivity index (χ1) is 16.4. The predicted octanol–water partition coefficient (Wildman–Crippen LogP) is 2.28. The summed E-state index contributed by atoms with van der Waals surface area (Å²) in [5.74, 6) is -0.692. The largest absolute Gasteiger partial charge is 0.468 e. The number of esters is 1. The SMILES string of the molecule is COC(=O)C1CN(Cc2ccccc2)CCS(=O)(=O)N1Cc1cn(Cc2ccccc2Br)nn1. The Balaban J connectivity index is 1.54. The molecule has 1 aliphatic heterocycles. The Kier molecular flexibility index (Phi) is 7.77. The van der Waals surface area contributed by atoms with Gasteiger partial charge in [-0.05, 0) is 17.2 Å². The van der Waals surface area contributed by atoms with E-state index in [9.17, 15) is 13.2 Å². The molecule has 0 spiro atoms. The van der Waals surface area contributed by atoms with Crippen LogP contribution in [0.4, 0.5) is 0 Å². The first-order valence-corrected chi connectivity index (χ1v) is 13.2. The van der Waals surface area contributed by atoms with Gasteiger partial charge in [-0.2, -0.15) is 4.31 Å². The maximum absolute atomic E-state index is 13.2. The third-order valence-corrected chi connectivity index (χ3v) is 8.29. The lowest BCUT2D eigenvalue weighted by atomic mass is 10.2. The van der Waals surface area contributed by atoms with Crippen LogP contribution in [0, 0.1) is 0 Å². The first kappa shape index (κ1) is 24.5. The summed E-state index contributed by atoms with van der Waals surface area (Å²) in [6, 6.07) is 16.6. The molecule has 1 aliphatic rings. The molecule has 34 heavy (non-hydrogen) atoms. The highest BCUT2D eigenvalue weighted by Crippen LogP contribution is 2.21. The molecular weight excluding hydrogens is 522 g/mol. The number of hydrogen-bond donors (Lipinski definition) is 0. The van der Waals surface area contributed by atoms with Crippen LogP contribution in [0.5, 0.6) is 0 Å². The molecule has 0 aliphatic carbocycles. The van der Waals surface area contributed by atoms with Crippen molar-refractivity contribution >= 4 is 31.9 Å². The molecule has 2 heterocycles. The van der Waals surface area contributed by atoms with Gasteiger partial charge in [-0.25, -0.2) is 13.1 Å². The van der Waals surface area contributed by atoms with Gasteiger partial charge in [-0.3, -0.25) is 9.69 Å². The Labute approximate surface area is 207 Å². The Morgan fingerprint density at radius 3 is 2.56 bits per heavy atom. The van der Waals surface area contributed by atoms with E-state index in [0.29, 0.717) is 25.3 Å². The van der Waals surface area contributed by atoms with Crippen molar-refractivity contribution in [3.05, 3.63) is 82.1 Å². The lowest BCUT2D eigenvalue weighted by molar-refractivity contribution is -0.145. The molecule has 1 atom stereocenters. The van der Waals surface area contributed by atoms with Gasteiger partial charge in [-0.1, -0.05) is 69.7 Å². The average molecular weight is 548 g/mol. The Bertz CT molecular complexity index is 1230. The van der Waals surface area contributed by atoms with Crippen LogP contribution >= 0.6 is 15.9 Å². The van der Waals surface area contributed by atoms with Crippen LogP contribution in [0.2, 0.25) is 0 Å². The van der Waals surface area contributed by atoms with Crippen LogP contribution < -0.4 is 0 Å². The topological polar surface area (TPSA) is 97.6 Å². The van der Waals surface area contributed by atoms with Crippen molar-refractivity contribution < 1.29 is 17.9 Å². The molecule has 0 bridgehead atoms. The van der Waals surface area contributed by atoms with E-state index < -0.39 is 22.0 Å². The molecular formula is C23H26BrN5O4S. The number of rotatable bonds is 7. The van der Waals surface area contributed by atoms with Gasteiger partial charge in [0.25, 0.3) is 0 Å². The second-order valence-corrected chi connectivity index (χ2v) is 11.0. The summed E-state index contributed by atoms with van der Waals surface area (Å²) in [7, 11) is -2.47. The molecule has 0 amide bonds. The number of nitrogens with zero attached hydrogens (tertiary/aromatic N) is 5. The standard InChI is InChI=1S/C23H26BrN5O4S/c1-33-23(30)22-17-27(13-18-7-3-2-4-8-18)11-12-34(31,32)29(22)16-20-15-28(26-25-20)14-19-9-5-6-10-21(19)24/h2-10,15,22H,11-14,16-17H2,1H3. The van der Waals surface area contributed by atoms with Gasteiger partial charge >= 0.3 is 5.97 Å². The summed E-state index contributed by atoms with van der Waals surface area (Å²) < 4.78 is 35.2. The summed E-state index contributed by atoms with van der Waals surface area (Å²) in [5.41, 5.74) is 2.53. The summed E-state index contributed by atoms with van der Waals surface area (Å²) >= 11 is 3.52. The van der Waals surface area contributed by atoms with E-state index in [-0.39, 0.29) is 18.8 Å². The highest BCUT2D eigenvalue weighted by molar-refractivity contribution is 9.10. The molecule has 0 saturated carbocycles. The van der Waals surface area contributed by atoms with Crippen molar-refractivity contribution in [3.8, 4) is 0 Å². The van der Waals surface area contributed by atoms with Crippen LogP contribution in [-0.2, 0) is 39.2 Å². The zero-order valence-electron chi connectivity index (χ0n) is 18.7. The molecule has 2 aromatic carbocycles. The quantitative estimate of drug-likeness (QED) is 0.418. The Hall–Kier alpha value is -2.60. The molecule has 0 radical (unpaired) electrons. The minimum atomic E-state index is -3.74. The third-order valence-electron chi connectivity index (χ3n) is 5.72. The number of aromatic nitrogens is 3. The molecule has 9 nitrogen and oxygen atoms in total. The molecule has 180 valence electrons. The van der Waals surface area contributed by atoms with E-state index in [1.807, 2.05) is 59.5 Å². The van der Waals surface area contributed by atoms with Crippen molar-refractivity contribution in [2.24, 2.45) is 0 Å². The summed E-state index contributed by atoms with van der Waals surface area (Å²) in [5, 5.41) is 8.31. The monoisotopic (exact) mass is 547 g/mol. The zero-order chi connectivity index (χ0) is 24.1. The highest BCUT2D eigenvalue weighted by atomic mass is 79.9. The second kappa shape index (κ2) is 10.8. The van der Waals surface area contributed by atoms with Crippen LogP contribution in [-0.4, -0.2) is 70.6 Å². The molecule has 11 heteroatoms. The Morgan fingerprint density at radius 1 is 1.09 bits per heavy atom. The van der Waals surface area contributed by atoms with Crippen molar-refractivity contribution in [1.29, 1.82) is 0 Å². The number of halogens is 1. The normalized spacial score (nSPS) is 18.9. The number of carbonyl (C=O) groups excluding carboxylic acids is 1. The zero-order valence-corrected chi connectivity index (χ0v) is 21.2. The molecule has 1 aromatic heterocycles. The van der Waals surface area contributed by atoms with Gasteiger partial charge in [0.2, 0.25) is 10.0 Å². The Morgan fingerprint density at radius 2 is 1.82 bits per heavy atom. The van der Waals surface area contributed by atoms with E-state index in [4.69, 9.17) is 4.74 Å². The highest BCUT2D eigenvalue weighted by Gasteiger charge is 2.40. The van der Waals surface area contributed by atoms with Crippen LogP contribution in [0.15, 0.2) is 65.3 Å². The van der Waals surface area contributed by atoms with Gasteiger partial charge in [0, 0.05) is 24.1 Å². The van der Waals surface area contributed by atoms with Crippen LogP contribution in [0.1, 0.15) is 16.8 Å². The number of hydrogen-bond acceptors (Lipinski definition) is 7. The molecule has 1 saturated heterocycles. The fraction of sp³-hybridized carbons (Fsp3) is 0.348.